The second-order valence-electron chi connectivity index (χ2n) is 4.67. The molecule has 1 unspecified atom stereocenters. The molecule has 0 bridgehead atoms. The maximum absolute atomic E-state index is 3.25. The van der Waals surface area contributed by atoms with Crippen molar-refractivity contribution in [2.45, 2.75) is 45.6 Å². The lowest BCUT2D eigenvalue weighted by Gasteiger charge is -2.36. The Morgan fingerprint density at radius 1 is 1.36 bits per heavy atom. The summed E-state index contributed by atoms with van der Waals surface area (Å²) in [4.78, 5) is 2.69. The molecule has 1 atom stereocenters. The van der Waals surface area contributed by atoms with Gasteiger partial charge < -0.3 is 10.2 Å². The quantitative estimate of drug-likeness (QED) is 0.728. The van der Waals surface area contributed by atoms with E-state index in [0.717, 1.165) is 18.5 Å². The molecule has 1 rings (SSSR count). The zero-order valence-corrected chi connectivity index (χ0v) is 10.1. The van der Waals surface area contributed by atoms with Gasteiger partial charge in [0.25, 0.3) is 0 Å². The number of nitrogens with one attached hydrogen (secondary N) is 1. The van der Waals surface area contributed by atoms with E-state index in [2.05, 4.69) is 24.1 Å². The zero-order valence-electron chi connectivity index (χ0n) is 10.1. The minimum Gasteiger partial charge on any atom is -0.320 e. The van der Waals surface area contributed by atoms with Crippen LogP contribution in [0.4, 0.5) is 0 Å². The molecule has 0 amide bonds. The summed E-state index contributed by atoms with van der Waals surface area (Å²) in [5.41, 5.74) is 0. The summed E-state index contributed by atoms with van der Waals surface area (Å²) in [5, 5.41) is 3.25. The van der Waals surface area contributed by atoms with Crippen molar-refractivity contribution in [1.82, 2.24) is 10.2 Å². The third-order valence-corrected chi connectivity index (χ3v) is 3.53. The molecule has 1 aliphatic heterocycles. The van der Waals surface area contributed by atoms with Crippen LogP contribution in [0.25, 0.3) is 0 Å². The molecule has 1 N–H and O–H groups in total. The molecule has 0 aromatic heterocycles. The van der Waals surface area contributed by atoms with Crippen LogP contribution in [0.3, 0.4) is 0 Å². The van der Waals surface area contributed by atoms with Crippen LogP contribution in [0.5, 0.6) is 0 Å². The zero-order chi connectivity index (χ0) is 10.4. The van der Waals surface area contributed by atoms with Gasteiger partial charge in [0.2, 0.25) is 0 Å². The number of nitrogens with zero attached hydrogens (tertiary/aromatic N) is 1. The second kappa shape index (κ2) is 6.41. The summed E-state index contributed by atoms with van der Waals surface area (Å²) < 4.78 is 0. The molecule has 2 heteroatoms. The Balaban J connectivity index is 2.29. The fourth-order valence-corrected chi connectivity index (χ4v) is 2.35. The monoisotopic (exact) mass is 198 g/mol. The van der Waals surface area contributed by atoms with Crippen molar-refractivity contribution in [2.24, 2.45) is 5.92 Å². The van der Waals surface area contributed by atoms with Gasteiger partial charge in [0.15, 0.2) is 0 Å². The number of rotatable bonds is 5. The van der Waals surface area contributed by atoms with E-state index in [4.69, 9.17) is 0 Å². The molecule has 1 saturated heterocycles. The number of hydrogen-bond donors (Lipinski definition) is 1. The van der Waals surface area contributed by atoms with Crippen LogP contribution < -0.4 is 5.32 Å². The third-order valence-electron chi connectivity index (χ3n) is 3.53. The van der Waals surface area contributed by atoms with Gasteiger partial charge in [0.05, 0.1) is 0 Å². The lowest BCUT2D eigenvalue weighted by molar-refractivity contribution is 0.128. The molecule has 0 spiro atoms. The first-order chi connectivity index (χ1) is 6.77. The van der Waals surface area contributed by atoms with E-state index in [-0.39, 0.29) is 0 Å². The molecule has 1 heterocycles. The Labute approximate surface area is 89.1 Å². The lowest BCUT2D eigenvalue weighted by atomic mass is 9.96. The molecule has 0 aromatic rings. The first kappa shape index (κ1) is 12.0. The Hall–Kier alpha value is -0.0800. The number of hydrogen-bond acceptors (Lipinski definition) is 2. The molecule has 1 fully saturated rings. The summed E-state index contributed by atoms with van der Waals surface area (Å²) in [6.07, 6.45) is 5.41. The topological polar surface area (TPSA) is 15.3 Å². The minimum atomic E-state index is 0.815. The first-order valence-corrected chi connectivity index (χ1v) is 6.16. The van der Waals surface area contributed by atoms with Gasteiger partial charge in [-0.15, -0.1) is 0 Å². The van der Waals surface area contributed by atoms with Gasteiger partial charge in [0, 0.05) is 6.04 Å². The predicted molar refractivity (Wildman–Crippen MR) is 62.6 cm³/mol. The van der Waals surface area contributed by atoms with Crippen LogP contribution in [-0.4, -0.2) is 37.6 Å². The van der Waals surface area contributed by atoms with Gasteiger partial charge in [0.1, 0.15) is 0 Å². The van der Waals surface area contributed by atoms with Gasteiger partial charge in [-0.2, -0.15) is 0 Å². The van der Waals surface area contributed by atoms with Gasteiger partial charge in [-0.1, -0.05) is 13.8 Å². The minimum absolute atomic E-state index is 0.815. The van der Waals surface area contributed by atoms with Crippen LogP contribution in [-0.2, 0) is 0 Å². The molecule has 84 valence electrons. The first-order valence-electron chi connectivity index (χ1n) is 6.16. The average molecular weight is 198 g/mol. The van der Waals surface area contributed by atoms with E-state index in [0.29, 0.717) is 0 Å². The normalized spacial score (nSPS) is 22.5. The van der Waals surface area contributed by atoms with Crippen LogP contribution in [0.1, 0.15) is 39.5 Å². The third kappa shape index (κ3) is 3.58. The maximum atomic E-state index is 3.25. The highest BCUT2D eigenvalue weighted by atomic mass is 15.2. The highest BCUT2D eigenvalue weighted by Crippen LogP contribution is 2.20. The molecule has 14 heavy (non-hydrogen) atoms. The van der Waals surface area contributed by atoms with Crippen molar-refractivity contribution in [3.8, 4) is 0 Å². The predicted octanol–water partition coefficient (Wildman–Crippen LogP) is 2.11. The van der Waals surface area contributed by atoms with Crippen LogP contribution in [0, 0.1) is 5.92 Å². The lowest BCUT2D eigenvalue weighted by Crippen LogP contribution is -2.41. The molecule has 2 nitrogen and oxygen atoms in total. The van der Waals surface area contributed by atoms with E-state index < -0.39 is 0 Å². The average Bonchev–Trinajstić information content (AvgIpc) is 2.21. The molecule has 1 aliphatic rings. The van der Waals surface area contributed by atoms with Crippen molar-refractivity contribution < 1.29 is 0 Å². The van der Waals surface area contributed by atoms with E-state index in [1.165, 1.54) is 38.8 Å². The van der Waals surface area contributed by atoms with Crippen molar-refractivity contribution in [1.29, 1.82) is 0 Å². The SMILES string of the molecule is CCC(CCNC)N1CCC(C)CC1. The summed E-state index contributed by atoms with van der Waals surface area (Å²) in [5.74, 6) is 0.952. The molecular weight excluding hydrogens is 172 g/mol. The fourth-order valence-electron chi connectivity index (χ4n) is 2.35. The Kier molecular flexibility index (Phi) is 5.49. The summed E-state index contributed by atoms with van der Waals surface area (Å²) >= 11 is 0. The van der Waals surface area contributed by atoms with Crippen molar-refractivity contribution >= 4 is 0 Å². The van der Waals surface area contributed by atoms with Crippen LogP contribution >= 0.6 is 0 Å². The molecular formula is C12H26N2. The van der Waals surface area contributed by atoms with Gasteiger partial charge in [-0.25, -0.2) is 0 Å². The second-order valence-corrected chi connectivity index (χ2v) is 4.67. The van der Waals surface area contributed by atoms with Crippen LogP contribution in [0.15, 0.2) is 0 Å². The van der Waals surface area contributed by atoms with Gasteiger partial charge in [-0.05, 0) is 58.3 Å². The molecule has 0 radical (unpaired) electrons. The van der Waals surface area contributed by atoms with E-state index in [1.807, 2.05) is 7.05 Å². The van der Waals surface area contributed by atoms with E-state index in [9.17, 15) is 0 Å². The number of likely N-dealkylation sites (tertiary alicyclic amines) is 1. The van der Waals surface area contributed by atoms with Crippen molar-refractivity contribution in [3.63, 3.8) is 0 Å². The highest BCUT2D eigenvalue weighted by Gasteiger charge is 2.21. The summed E-state index contributed by atoms with van der Waals surface area (Å²) in [7, 11) is 2.05. The fraction of sp³-hybridized carbons (Fsp3) is 1.00. The molecule has 0 aromatic carbocycles. The largest absolute Gasteiger partial charge is 0.320 e. The molecule has 0 saturated carbocycles. The van der Waals surface area contributed by atoms with Gasteiger partial charge in [-0.3, -0.25) is 0 Å². The summed E-state index contributed by atoms with van der Waals surface area (Å²) in [6, 6.07) is 0.815. The van der Waals surface area contributed by atoms with E-state index in [1.54, 1.807) is 0 Å². The number of piperidine rings is 1. The highest BCUT2D eigenvalue weighted by molar-refractivity contribution is 4.76. The Bertz CT molecular complexity index is 137. The summed E-state index contributed by atoms with van der Waals surface area (Å²) in [6.45, 7) is 8.50. The maximum Gasteiger partial charge on any atom is 0.0105 e. The Morgan fingerprint density at radius 2 is 2.00 bits per heavy atom. The smallest absolute Gasteiger partial charge is 0.0105 e. The van der Waals surface area contributed by atoms with Crippen molar-refractivity contribution in [2.75, 3.05) is 26.7 Å². The van der Waals surface area contributed by atoms with Crippen LogP contribution in [0.2, 0.25) is 0 Å². The Morgan fingerprint density at radius 3 is 2.50 bits per heavy atom. The standard InChI is InChI=1S/C12H26N2/c1-4-12(5-8-13-3)14-9-6-11(2)7-10-14/h11-13H,4-10H2,1-3H3. The van der Waals surface area contributed by atoms with Gasteiger partial charge >= 0.3 is 0 Å². The molecule has 0 aliphatic carbocycles. The van der Waals surface area contributed by atoms with E-state index >= 15 is 0 Å². The van der Waals surface area contributed by atoms with Crippen molar-refractivity contribution in [3.05, 3.63) is 0 Å².